The Bertz CT molecular complexity index is 537. The molecule has 128 valence electrons. The summed E-state index contributed by atoms with van der Waals surface area (Å²) < 4.78 is 31.7. The van der Waals surface area contributed by atoms with E-state index in [4.69, 9.17) is 9.84 Å². The van der Waals surface area contributed by atoms with Crippen LogP contribution in [0.25, 0.3) is 0 Å². The number of nitrogens with zero attached hydrogens (tertiary/aromatic N) is 2. The molecular formula is C16H22F2N2O3. The van der Waals surface area contributed by atoms with Gasteiger partial charge in [-0.05, 0) is 37.5 Å². The van der Waals surface area contributed by atoms with Crippen LogP contribution in [-0.2, 0) is 11.3 Å². The molecule has 0 atom stereocenters. The van der Waals surface area contributed by atoms with Crippen LogP contribution in [0.3, 0.4) is 0 Å². The number of ether oxygens (including phenoxy) is 1. The van der Waals surface area contributed by atoms with Crippen molar-refractivity contribution in [3.63, 3.8) is 0 Å². The SMILES string of the molecule is CCOC(=O)N(C)C1CCN(Cc2cc(F)c(O)c(F)c2)CC1. The van der Waals surface area contributed by atoms with Gasteiger partial charge in [0.25, 0.3) is 0 Å². The van der Waals surface area contributed by atoms with Gasteiger partial charge in [-0.1, -0.05) is 0 Å². The Balaban J connectivity index is 1.89. The number of rotatable bonds is 4. The topological polar surface area (TPSA) is 53.0 Å². The van der Waals surface area contributed by atoms with Gasteiger partial charge in [-0.15, -0.1) is 0 Å². The van der Waals surface area contributed by atoms with E-state index in [0.29, 0.717) is 18.7 Å². The van der Waals surface area contributed by atoms with Crippen LogP contribution in [0.4, 0.5) is 13.6 Å². The van der Waals surface area contributed by atoms with Gasteiger partial charge in [0, 0.05) is 32.7 Å². The van der Waals surface area contributed by atoms with Crippen LogP contribution in [0.15, 0.2) is 12.1 Å². The molecule has 1 heterocycles. The van der Waals surface area contributed by atoms with Gasteiger partial charge in [0.2, 0.25) is 0 Å². The molecule has 0 unspecified atom stereocenters. The molecule has 1 aromatic rings. The molecule has 2 rings (SSSR count). The van der Waals surface area contributed by atoms with Gasteiger partial charge in [0.05, 0.1) is 6.61 Å². The quantitative estimate of drug-likeness (QED) is 0.923. The first kappa shape index (κ1) is 17.5. The lowest BCUT2D eigenvalue weighted by molar-refractivity contribution is 0.0789. The molecule has 1 N–H and O–H groups in total. The molecule has 1 aliphatic rings. The second-order valence-corrected chi connectivity index (χ2v) is 5.73. The minimum absolute atomic E-state index is 0.110. The van der Waals surface area contributed by atoms with Gasteiger partial charge in [0.1, 0.15) is 0 Å². The predicted molar refractivity (Wildman–Crippen MR) is 81.1 cm³/mol. The van der Waals surface area contributed by atoms with Crippen LogP contribution in [0, 0.1) is 11.6 Å². The number of benzene rings is 1. The summed E-state index contributed by atoms with van der Waals surface area (Å²) in [6.45, 7) is 3.96. The lowest BCUT2D eigenvalue weighted by Gasteiger charge is -2.36. The third kappa shape index (κ3) is 4.31. The highest BCUT2D eigenvalue weighted by Gasteiger charge is 2.26. The Morgan fingerprint density at radius 3 is 2.43 bits per heavy atom. The van der Waals surface area contributed by atoms with E-state index in [2.05, 4.69) is 4.90 Å². The monoisotopic (exact) mass is 328 g/mol. The molecular weight excluding hydrogens is 306 g/mol. The molecule has 0 bridgehead atoms. The number of likely N-dealkylation sites (tertiary alicyclic amines) is 1. The van der Waals surface area contributed by atoms with Crippen molar-refractivity contribution in [3.8, 4) is 5.75 Å². The molecule has 1 aromatic carbocycles. The van der Waals surface area contributed by atoms with Crippen molar-refractivity contribution in [3.05, 3.63) is 29.3 Å². The van der Waals surface area contributed by atoms with Gasteiger partial charge in [-0.25, -0.2) is 13.6 Å². The number of piperidine rings is 1. The molecule has 1 fully saturated rings. The van der Waals surface area contributed by atoms with E-state index >= 15 is 0 Å². The van der Waals surface area contributed by atoms with Crippen LogP contribution >= 0.6 is 0 Å². The highest BCUT2D eigenvalue weighted by Crippen LogP contribution is 2.24. The Labute approximate surface area is 134 Å². The van der Waals surface area contributed by atoms with Crippen molar-refractivity contribution in [2.24, 2.45) is 0 Å². The maximum Gasteiger partial charge on any atom is 0.409 e. The molecule has 1 saturated heterocycles. The number of carbonyl (C=O) groups excluding carboxylic acids is 1. The fourth-order valence-electron chi connectivity index (χ4n) is 2.81. The van der Waals surface area contributed by atoms with Crippen LogP contribution in [0.5, 0.6) is 5.75 Å². The zero-order valence-electron chi connectivity index (χ0n) is 13.4. The molecule has 5 nitrogen and oxygen atoms in total. The van der Waals surface area contributed by atoms with Crippen LogP contribution in [-0.4, -0.2) is 53.8 Å². The van der Waals surface area contributed by atoms with E-state index in [0.717, 1.165) is 38.1 Å². The first-order chi connectivity index (χ1) is 10.9. The average Bonchev–Trinajstić information content (AvgIpc) is 2.53. The standard InChI is InChI=1S/C16H22F2N2O3/c1-3-23-16(22)19(2)12-4-6-20(7-5-12)10-11-8-13(17)15(21)14(18)9-11/h8-9,12,21H,3-7,10H2,1-2H3. The van der Waals surface area contributed by atoms with E-state index in [1.165, 1.54) is 0 Å². The molecule has 0 saturated carbocycles. The lowest BCUT2D eigenvalue weighted by Crippen LogP contribution is -2.45. The van der Waals surface area contributed by atoms with Crippen molar-refractivity contribution >= 4 is 6.09 Å². The fraction of sp³-hybridized carbons (Fsp3) is 0.562. The molecule has 0 aromatic heterocycles. The summed E-state index contributed by atoms with van der Waals surface area (Å²) in [5, 5.41) is 9.12. The molecule has 23 heavy (non-hydrogen) atoms. The highest BCUT2D eigenvalue weighted by molar-refractivity contribution is 5.67. The minimum Gasteiger partial charge on any atom is -0.503 e. The number of hydrogen-bond donors (Lipinski definition) is 1. The number of aromatic hydroxyl groups is 1. The van der Waals surface area contributed by atoms with Crippen LogP contribution in [0.1, 0.15) is 25.3 Å². The average molecular weight is 328 g/mol. The molecule has 0 spiro atoms. The summed E-state index contributed by atoms with van der Waals surface area (Å²) in [4.78, 5) is 15.4. The van der Waals surface area contributed by atoms with Gasteiger partial charge in [-0.2, -0.15) is 0 Å². The summed E-state index contributed by atoms with van der Waals surface area (Å²) in [5.41, 5.74) is 0.481. The normalized spacial score (nSPS) is 16.3. The lowest BCUT2D eigenvalue weighted by atomic mass is 10.0. The third-order valence-electron chi connectivity index (χ3n) is 4.14. The molecule has 0 radical (unpaired) electrons. The maximum absolute atomic E-state index is 13.4. The van der Waals surface area contributed by atoms with E-state index in [1.54, 1.807) is 18.9 Å². The number of amides is 1. The van der Waals surface area contributed by atoms with Gasteiger partial charge >= 0.3 is 6.09 Å². The number of carbonyl (C=O) groups is 1. The minimum atomic E-state index is -0.947. The van der Waals surface area contributed by atoms with Crippen LogP contribution < -0.4 is 0 Å². The maximum atomic E-state index is 13.4. The van der Waals surface area contributed by atoms with E-state index in [-0.39, 0.29) is 12.1 Å². The zero-order chi connectivity index (χ0) is 17.0. The first-order valence-corrected chi connectivity index (χ1v) is 7.71. The van der Waals surface area contributed by atoms with Crippen LogP contribution in [0.2, 0.25) is 0 Å². The van der Waals surface area contributed by atoms with Crippen molar-refractivity contribution in [1.82, 2.24) is 9.80 Å². The summed E-state index contributed by atoms with van der Waals surface area (Å²) in [6.07, 6.45) is 1.23. The van der Waals surface area contributed by atoms with E-state index < -0.39 is 17.4 Å². The van der Waals surface area contributed by atoms with Crippen molar-refractivity contribution < 1.29 is 23.4 Å². The number of phenolic OH excluding ortho intramolecular Hbond substituents is 1. The highest BCUT2D eigenvalue weighted by atomic mass is 19.1. The molecule has 0 aliphatic carbocycles. The number of phenols is 1. The first-order valence-electron chi connectivity index (χ1n) is 7.71. The second-order valence-electron chi connectivity index (χ2n) is 5.73. The Kier molecular flexibility index (Phi) is 5.76. The Morgan fingerprint density at radius 2 is 1.91 bits per heavy atom. The fourth-order valence-corrected chi connectivity index (χ4v) is 2.81. The van der Waals surface area contributed by atoms with Crippen molar-refractivity contribution in [1.29, 1.82) is 0 Å². The second kappa shape index (κ2) is 7.59. The van der Waals surface area contributed by atoms with Gasteiger partial charge < -0.3 is 14.7 Å². The molecule has 7 heteroatoms. The Morgan fingerprint density at radius 1 is 1.35 bits per heavy atom. The van der Waals surface area contributed by atoms with Gasteiger partial charge in [0.15, 0.2) is 17.4 Å². The summed E-state index contributed by atoms with van der Waals surface area (Å²) >= 11 is 0. The third-order valence-corrected chi connectivity index (χ3v) is 4.14. The largest absolute Gasteiger partial charge is 0.503 e. The van der Waals surface area contributed by atoms with Crippen molar-refractivity contribution in [2.75, 3.05) is 26.7 Å². The van der Waals surface area contributed by atoms with Crippen molar-refractivity contribution in [2.45, 2.75) is 32.4 Å². The smallest absolute Gasteiger partial charge is 0.409 e. The van der Waals surface area contributed by atoms with Gasteiger partial charge in [-0.3, -0.25) is 4.90 Å². The summed E-state index contributed by atoms with van der Waals surface area (Å²) in [6, 6.07) is 2.41. The van der Waals surface area contributed by atoms with E-state index in [9.17, 15) is 13.6 Å². The molecule has 1 amide bonds. The predicted octanol–water partition coefficient (Wildman–Crippen LogP) is 2.72. The summed E-state index contributed by atoms with van der Waals surface area (Å²) in [5.74, 6) is -2.84. The van der Waals surface area contributed by atoms with E-state index in [1.807, 2.05) is 0 Å². The zero-order valence-corrected chi connectivity index (χ0v) is 13.4. The number of halogens is 2. The molecule has 1 aliphatic heterocycles. The Hall–Kier alpha value is -1.89. The number of hydrogen-bond acceptors (Lipinski definition) is 4. The summed E-state index contributed by atoms with van der Waals surface area (Å²) in [7, 11) is 1.73.